The van der Waals surface area contributed by atoms with Crippen LogP contribution in [0, 0.1) is 0 Å². The fourth-order valence-corrected chi connectivity index (χ4v) is 2.68. The van der Waals surface area contributed by atoms with Crippen molar-refractivity contribution in [3.63, 3.8) is 0 Å². The van der Waals surface area contributed by atoms with Gasteiger partial charge in [-0.05, 0) is 26.0 Å². The van der Waals surface area contributed by atoms with Gasteiger partial charge in [-0.2, -0.15) is 8.42 Å². The van der Waals surface area contributed by atoms with Crippen molar-refractivity contribution in [1.29, 1.82) is 0 Å². The summed E-state index contributed by atoms with van der Waals surface area (Å²) in [4.78, 5) is 25.2. The summed E-state index contributed by atoms with van der Waals surface area (Å²) in [5.74, 6) is 0. The van der Waals surface area contributed by atoms with Gasteiger partial charge in [0, 0.05) is 6.04 Å². The van der Waals surface area contributed by atoms with Gasteiger partial charge in [-0.15, -0.1) is 0 Å². The lowest BCUT2D eigenvalue weighted by atomic mass is 10.2. The minimum Gasteiger partial charge on any atom is -0.289 e. The van der Waals surface area contributed by atoms with Gasteiger partial charge >= 0.3 is 5.69 Å². The Morgan fingerprint density at radius 2 is 1.89 bits per heavy atom. The summed E-state index contributed by atoms with van der Waals surface area (Å²) in [5, 5.41) is 0.0309. The van der Waals surface area contributed by atoms with E-state index in [4.69, 9.17) is 0 Å². The van der Waals surface area contributed by atoms with Gasteiger partial charge in [0.1, 0.15) is 4.90 Å². The molecule has 1 aromatic heterocycles. The second-order valence-electron chi connectivity index (χ2n) is 4.35. The molecule has 7 nitrogen and oxygen atoms in total. The van der Waals surface area contributed by atoms with Gasteiger partial charge in [-0.3, -0.25) is 18.9 Å². The molecule has 0 unspecified atom stereocenters. The molecule has 0 spiro atoms. The molecule has 102 valence electrons. The molecule has 0 amide bonds. The van der Waals surface area contributed by atoms with Gasteiger partial charge in [0.25, 0.3) is 15.7 Å². The monoisotopic (exact) mass is 284 g/mol. The Bertz CT molecular complexity index is 861. The third-order valence-electron chi connectivity index (χ3n) is 2.72. The zero-order valence-electron chi connectivity index (χ0n) is 10.2. The van der Waals surface area contributed by atoms with E-state index < -0.39 is 26.3 Å². The molecule has 1 aromatic carbocycles. The summed E-state index contributed by atoms with van der Waals surface area (Å²) in [6, 6.07) is 3.49. The lowest BCUT2D eigenvalue weighted by Crippen LogP contribution is -2.32. The Balaban J connectivity index is 3.20. The Morgan fingerprint density at radius 3 is 2.42 bits per heavy atom. The topological polar surface area (TPSA) is 109 Å². The maximum atomic E-state index is 11.8. The summed E-state index contributed by atoms with van der Waals surface area (Å²) < 4.78 is 33.1. The number of para-hydroxylation sites is 1. The van der Waals surface area contributed by atoms with Crippen LogP contribution >= 0.6 is 0 Å². The van der Waals surface area contributed by atoms with Crippen molar-refractivity contribution in [1.82, 2.24) is 9.55 Å². The number of fused-ring (bicyclic) bond motifs is 1. The number of nitrogens with one attached hydrogen (secondary N) is 1. The van der Waals surface area contributed by atoms with E-state index in [9.17, 15) is 22.6 Å². The highest BCUT2D eigenvalue weighted by molar-refractivity contribution is 7.86. The predicted octanol–water partition coefficient (Wildman–Crippen LogP) is 0.517. The first-order valence-electron chi connectivity index (χ1n) is 5.48. The summed E-state index contributed by atoms with van der Waals surface area (Å²) in [6.07, 6.45) is 0. The molecule has 0 bridgehead atoms. The first-order valence-corrected chi connectivity index (χ1v) is 6.92. The number of hydrogen-bond acceptors (Lipinski definition) is 4. The zero-order chi connectivity index (χ0) is 14.4. The number of nitrogens with zero attached hydrogens (tertiary/aromatic N) is 1. The molecule has 0 atom stereocenters. The fourth-order valence-electron chi connectivity index (χ4n) is 1.98. The van der Waals surface area contributed by atoms with Gasteiger partial charge in [-0.25, -0.2) is 4.79 Å². The molecule has 0 saturated heterocycles. The van der Waals surface area contributed by atoms with Gasteiger partial charge in [0.05, 0.1) is 10.9 Å². The number of aromatic nitrogens is 2. The molecule has 19 heavy (non-hydrogen) atoms. The quantitative estimate of drug-likeness (QED) is 0.781. The first kappa shape index (κ1) is 13.5. The van der Waals surface area contributed by atoms with Crippen molar-refractivity contribution in [2.45, 2.75) is 24.8 Å². The van der Waals surface area contributed by atoms with E-state index in [-0.39, 0.29) is 16.9 Å². The van der Waals surface area contributed by atoms with E-state index in [0.717, 1.165) is 10.6 Å². The summed E-state index contributed by atoms with van der Waals surface area (Å²) >= 11 is 0. The van der Waals surface area contributed by atoms with Crippen LogP contribution in [0.5, 0.6) is 0 Å². The van der Waals surface area contributed by atoms with Crippen LogP contribution in [0.25, 0.3) is 10.9 Å². The van der Waals surface area contributed by atoms with E-state index in [1.807, 2.05) is 0 Å². The van der Waals surface area contributed by atoms with Crippen molar-refractivity contribution >= 4 is 21.0 Å². The SMILES string of the molecule is CC(C)n1c(=O)[nH]c(=O)c2cccc(S(=O)(=O)O)c21. The number of benzene rings is 1. The highest BCUT2D eigenvalue weighted by Crippen LogP contribution is 2.21. The molecule has 0 fully saturated rings. The average Bonchev–Trinajstić information content (AvgIpc) is 2.26. The average molecular weight is 284 g/mol. The predicted molar refractivity (Wildman–Crippen MR) is 69.0 cm³/mol. The number of aromatic amines is 1. The van der Waals surface area contributed by atoms with Crippen LogP contribution in [0.1, 0.15) is 19.9 Å². The minimum atomic E-state index is -4.53. The summed E-state index contributed by atoms with van der Waals surface area (Å²) in [7, 11) is -4.53. The molecule has 0 saturated carbocycles. The molecular formula is C11H12N2O5S. The molecule has 2 N–H and O–H groups in total. The standard InChI is InChI=1S/C11H12N2O5S/c1-6(2)13-9-7(10(14)12-11(13)15)4-3-5-8(9)19(16,17)18/h3-6H,1-2H3,(H,12,14,15)(H,16,17,18). The van der Waals surface area contributed by atoms with E-state index in [2.05, 4.69) is 4.98 Å². The van der Waals surface area contributed by atoms with Crippen molar-refractivity contribution < 1.29 is 13.0 Å². The number of rotatable bonds is 2. The normalized spacial score (nSPS) is 12.2. The summed E-state index contributed by atoms with van der Waals surface area (Å²) in [6.45, 7) is 3.33. The second kappa shape index (κ2) is 4.32. The lowest BCUT2D eigenvalue weighted by molar-refractivity contribution is 0.482. The first-order chi connectivity index (χ1) is 8.73. The van der Waals surface area contributed by atoms with Gasteiger partial charge in [-0.1, -0.05) is 6.07 Å². The molecule has 2 aromatic rings. The molecule has 8 heteroatoms. The Morgan fingerprint density at radius 1 is 1.26 bits per heavy atom. The van der Waals surface area contributed by atoms with E-state index in [1.54, 1.807) is 13.8 Å². The van der Waals surface area contributed by atoms with Crippen LogP contribution in [0.3, 0.4) is 0 Å². The Labute approximate surface area is 108 Å². The highest BCUT2D eigenvalue weighted by atomic mass is 32.2. The summed E-state index contributed by atoms with van der Waals surface area (Å²) in [5.41, 5.74) is -1.50. The van der Waals surface area contributed by atoms with Crippen molar-refractivity contribution in [2.75, 3.05) is 0 Å². The van der Waals surface area contributed by atoms with E-state index >= 15 is 0 Å². The fraction of sp³-hybridized carbons (Fsp3) is 0.273. The molecule has 0 aliphatic heterocycles. The molecular weight excluding hydrogens is 272 g/mol. The Kier molecular flexibility index (Phi) is 3.07. The third-order valence-corrected chi connectivity index (χ3v) is 3.60. The van der Waals surface area contributed by atoms with Crippen molar-refractivity contribution in [3.05, 3.63) is 39.0 Å². The number of hydrogen-bond donors (Lipinski definition) is 2. The van der Waals surface area contributed by atoms with Crippen LogP contribution in [-0.2, 0) is 10.1 Å². The van der Waals surface area contributed by atoms with E-state index in [0.29, 0.717) is 0 Å². The van der Waals surface area contributed by atoms with Crippen LogP contribution in [-0.4, -0.2) is 22.5 Å². The molecule has 1 heterocycles. The van der Waals surface area contributed by atoms with E-state index in [1.165, 1.54) is 12.1 Å². The maximum Gasteiger partial charge on any atom is 0.329 e. The van der Waals surface area contributed by atoms with Crippen LogP contribution in [0.2, 0.25) is 0 Å². The zero-order valence-corrected chi connectivity index (χ0v) is 11.1. The molecule has 0 aliphatic carbocycles. The van der Waals surface area contributed by atoms with Gasteiger partial charge < -0.3 is 0 Å². The lowest BCUT2D eigenvalue weighted by Gasteiger charge is -2.14. The smallest absolute Gasteiger partial charge is 0.289 e. The van der Waals surface area contributed by atoms with Crippen LogP contribution in [0.15, 0.2) is 32.7 Å². The second-order valence-corrected chi connectivity index (χ2v) is 5.74. The van der Waals surface area contributed by atoms with Crippen LogP contribution in [0.4, 0.5) is 0 Å². The minimum absolute atomic E-state index is 0.0309. The van der Waals surface area contributed by atoms with Crippen molar-refractivity contribution in [2.24, 2.45) is 0 Å². The van der Waals surface area contributed by atoms with Gasteiger partial charge in [0.2, 0.25) is 0 Å². The number of H-pyrrole nitrogens is 1. The third kappa shape index (κ3) is 2.20. The van der Waals surface area contributed by atoms with Crippen molar-refractivity contribution in [3.8, 4) is 0 Å². The van der Waals surface area contributed by atoms with Crippen LogP contribution < -0.4 is 11.2 Å². The molecule has 0 aliphatic rings. The molecule has 0 radical (unpaired) electrons. The largest absolute Gasteiger partial charge is 0.329 e. The molecule has 2 rings (SSSR count). The Hall–Kier alpha value is -1.93. The van der Waals surface area contributed by atoms with Gasteiger partial charge in [0.15, 0.2) is 0 Å². The highest BCUT2D eigenvalue weighted by Gasteiger charge is 2.20. The maximum absolute atomic E-state index is 11.8.